The van der Waals surface area contributed by atoms with Crippen molar-refractivity contribution in [2.24, 2.45) is 0 Å². The van der Waals surface area contributed by atoms with Gasteiger partial charge in [0.25, 0.3) is 0 Å². The van der Waals surface area contributed by atoms with Crippen LogP contribution in [0.15, 0.2) is 66.7 Å². The van der Waals surface area contributed by atoms with Crippen molar-refractivity contribution in [2.75, 3.05) is 12.4 Å². The van der Waals surface area contributed by atoms with Crippen molar-refractivity contribution in [3.8, 4) is 0 Å². The largest absolute Gasteiger partial charge is 0.353 e. The van der Waals surface area contributed by atoms with Crippen LogP contribution in [0.25, 0.3) is 10.8 Å². The summed E-state index contributed by atoms with van der Waals surface area (Å²) in [6.45, 7) is 0.296. The van der Waals surface area contributed by atoms with Crippen LogP contribution in [0.1, 0.15) is 35.1 Å². The molecule has 5 heteroatoms. The Bertz CT molecular complexity index is 1050. The molecule has 3 aromatic carbocycles. The maximum absolute atomic E-state index is 13.1. The summed E-state index contributed by atoms with van der Waals surface area (Å²) in [6.07, 6.45) is 1.72. The van der Waals surface area contributed by atoms with E-state index in [0.717, 1.165) is 34.7 Å². The normalized spacial score (nSPS) is 16.2. The average Bonchev–Trinajstić information content (AvgIpc) is 3.20. The van der Waals surface area contributed by atoms with Crippen LogP contribution in [-0.2, 0) is 16.0 Å². The number of hydrogen-bond acceptors (Lipinski definition) is 2. The van der Waals surface area contributed by atoms with E-state index in [9.17, 15) is 9.59 Å². The topological polar surface area (TPSA) is 58.2 Å². The number of halogens is 1. The number of nitrogens with one attached hydrogen (secondary N) is 2. The number of alkyl halides is 1. The van der Waals surface area contributed by atoms with Crippen LogP contribution in [0, 0.1) is 0 Å². The first-order valence-corrected chi connectivity index (χ1v) is 10.4. The minimum Gasteiger partial charge on any atom is -0.353 e. The molecule has 1 aliphatic rings. The van der Waals surface area contributed by atoms with E-state index >= 15 is 0 Å². The molecule has 0 heterocycles. The third kappa shape index (κ3) is 4.28. The first-order chi connectivity index (χ1) is 14.2. The van der Waals surface area contributed by atoms with Gasteiger partial charge >= 0.3 is 0 Å². The van der Waals surface area contributed by atoms with Crippen molar-refractivity contribution in [3.63, 3.8) is 0 Å². The Morgan fingerprint density at radius 1 is 1.00 bits per heavy atom. The van der Waals surface area contributed by atoms with Gasteiger partial charge < -0.3 is 10.6 Å². The minimum absolute atomic E-state index is 0.00627. The third-order valence-electron chi connectivity index (χ3n) is 5.57. The lowest BCUT2D eigenvalue weighted by Crippen LogP contribution is -2.39. The molecule has 0 saturated heterocycles. The molecule has 0 aliphatic heterocycles. The Kier molecular flexibility index (Phi) is 5.81. The number of amides is 2. The molecule has 148 valence electrons. The molecule has 0 saturated carbocycles. The van der Waals surface area contributed by atoms with E-state index < -0.39 is 0 Å². The van der Waals surface area contributed by atoms with Gasteiger partial charge in [0.05, 0.1) is 12.0 Å². The summed E-state index contributed by atoms with van der Waals surface area (Å²) in [6, 6.07) is 22.0. The van der Waals surface area contributed by atoms with Crippen molar-refractivity contribution in [1.29, 1.82) is 0 Å². The predicted octanol–water partition coefficient (Wildman–Crippen LogP) is 4.08. The van der Waals surface area contributed by atoms with Gasteiger partial charge in [-0.05, 0) is 46.4 Å². The Hall–Kier alpha value is -2.85. The summed E-state index contributed by atoms with van der Waals surface area (Å²) in [5.74, 6) is -0.516. The molecule has 2 amide bonds. The van der Waals surface area contributed by atoms with Crippen molar-refractivity contribution < 1.29 is 9.59 Å². The lowest BCUT2D eigenvalue weighted by atomic mass is 9.98. The molecular weight excluding hydrogens is 384 g/mol. The molecular formula is C24H23ClN2O2. The van der Waals surface area contributed by atoms with E-state index in [1.807, 2.05) is 48.5 Å². The molecule has 29 heavy (non-hydrogen) atoms. The van der Waals surface area contributed by atoms with E-state index in [4.69, 9.17) is 11.6 Å². The second-order valence-corrected chi connectivity index (χ2v) is 7.66. The Morgan fingerprint density at radius 3 is 2.59 bits per heavy atom. The molecule has 0 aromatic heterocycles. The van der Waals surface area contributed by atoms with Gasteiger partial charge in [0, 0.05) is 6.54 Å². The van der Waals surface area contributed by atoms with Gasteiger partial charge in [-0.25, -0.2) is 0 Å². The summed E-state index contributed by atoms with van der Waals surface area (Å²) >= 11 is 5.63. The second-order valence-electron chi connectivity index (χ2n) is 7.40. The van der Waals surface area contributed by atoms with Crippen LogP contribution >= 0.6 is 11.6 Å². The number of hydrogen-bond donors (Lipinski definition) is 2. The first-order valence-electron chi connectivity index (χ1n) is 9.85. The summed E-state index contributed by atoms with van der Waals surface area (Å²) < 4.78 is 0. The van der Waals surface area contributed by atoms with Gasteiger partial charge in [0.1, 0.15) is 5.88 Å². The highest BCUT2D eigenvalue weighted by Crippen LogP contribution is 2.33. The molecule has 4 rings (SSSR count). The molecule has 2 atom stereocenters. The molecule has 4 nitrogen and oxygen atoms in total. The molecule has 3 aromatic rings. The van der Waals surface area contributed by atoms with E-state index in [0.29, 0.717) is 6.54 Å². The Labute approximate surface area is 175 Å². The number of carbonyl (C=O) groups excluding carboxylic acids is 2. The SMILES string of the molecule is O=C(CCl)NCC(NC(=O)[C@@H]1CCc2ccccc21)c1ccc2ccccc2c1. The molecule has 1 unspecified atom stereocenters. The number of benzene rings is 3. The highest BCUT2D eigenvalue weighted by Gasteiger charge is 2.29. The highest BCUT2D eigenvalue weighted by atomic mass is 35.5. The van der Waals surface area contributed by atoms with Gasteiger partial charge in [-0.1, -0.05) is 60.7 Å². The van der Waals surface area contributed by atoms with E-state index in [1.54, 1.807) is 0 Å². The van der Waals surface area contributed by atoms with Gasteiger partial charge in [-0.3, -0.25) is 9.59 Å². The lowest BCUT2D eigenvalue weighted by Gasteiger charge is -2.22. The first kappa shape index (κ1) is 19.5. The van der Waals surface area contributed by atoms with Gasteiger partial charge in [0.15, 0.2) is 0 Å². The second kappa shape index (κ2) is 8.66. The molecule has 0 bridgehead atoms. The van der Waals surface area contributed by atoms with E-state index in [1.165, 1.54) is 5.56 Å². The zero-order valence-corrected chi connectivity index (χ0v) is 16.8. The van der Waals surface area contributed by atoms with Crippen LogP contribution in [0.4, 0.5) is 0 Å². The Balaban J connectivity index is 1.58. The van der Waals surface area contributed by atoms with Crippen LogP contribution in [0.3, 0.4) is 0 Å². The number of aryl methyl sites for hydroxylation is 1. The van der Waals surface area contributed by atoms with Crippen LogP contribution in [-0.4, -0.2) is 24.2 Å². The van der Waals surface area contributed by atoms with Crippen LogP contribution in [0.2, 0.25) is 0 Å². The third-order valence-corrected chi connectivity index (χ3v) is 5.81. The number of carbonyl (C=O) groups is 2. The Morgan fingerprint density at radius 2 is 1.76 bits per heavy atom. The molecule has 0 radical (unpaired) electrons. The minimum atomic E-state index is -0.327. The number of rotatable bonds is 6. The summed E-state index contributed by atoms with van der Waals surface area (Å²) in [5, 5.41) is 8.20. The lowest BCUT2D eigenvalue weighted by molar-refractivity contribution is -0.124. The van der Waals surface area contributed by atoms with Crippen molar-refractivity contribution in [1.82, 2.24) is 10.6 Å². The monoisotopic (exact) mass is 406 g/mol. The maximum atomic E-state index is 13.1. The molecule has 0 spiro atoms. The van der Waals surface area contributed by atoms with E-state index in [2.05, 4.69) is 28.8 Å². The van der Waals surface area contributed by atoms with Crippen molar-refractivity contribution >= 4 is 34.2 Å². The molecule has 0 fully saturated rings. The predicted molar refractivity (Wildman–Crippen MR) is 116 cm³/mol. The van der Waals surface area contributed by atoms with Gasteiger partial charge in [-0.15, -0.1) is 11.6 Å². The fourth-order valence-electron chi connectivity index (χ4n) is 4.04. The fourth-order valence-corrected chi connectivity index (χ4v) is 4.14. The van der Waals surface area contributed by atoms with Crippen molar-refractivity contribution in [2.45, 2.75) is 24.8 Å². The average molecular weight is 407 g/mol. The molecule has 2 N–H and O–H groups in total. The van der Waals surface area contributed by atoms with E-state index in [-0.39, 0.29) is 29.7 Å². The summed E-state index contributed by atoms with van der Waals surface area (Å²) in [5.41, 5.74) is 3.30. The van der Waals surface area contributed by atoms with Crippen LogP contribution in [0.5, 0.6) is 0 Å². The zero-order valence-electron chi connectivity index (χ0n) is 16.0. The fraction of sp³-hybridized carbons (Fsp3) is 0.250. The van der Waals surface area contributed by atoms with Gasteiger partial charge in [-0.2, -0.15) is 0 Å². The zero-order chi connectivity index (χ0) is 20.2. The smallest absolute Gasteiger partial charge is 0.235 e. The highest BCUT2D eigenvalue weighted by molar-refractivity contribution is 6.27. The maximum Gasteiger partial charge on any atom is 0.235 e. The van der Waals surface area contributed by atoms with Crippen LogP contribution < -0.4 is 10.6 Å². The summed E-state index contributed by atoms with van der Waals surface area (Å²) in [4.78, 5) is 24.8. The van der Waals surface area contributed by atoms with Gasteiger partial charge in [0.2, 0.25) is 11.8 Å². The number of fused-ring (bicyclic) bond motifs is 2. The molecule has 1 aliphatic carbocycles. The standard InChI is InChI=1S/C24H23ClN2O2/c25-14-23(28)26-15-22(19-10-9-16-5-1-2-7-18(16)13-19)27-24(29)21-12-11-17-6-3-4-8-20(17)21/h1-10,13,21-22H,11-12,14-15H2,(H,26,28)(H,27,29)/t21-,22?/m1/s1. The summed E-state index contributed by atoms with van der Waals surface area (Å²) in [7, 11) is 0. The quantitative estimate of drug-likeness (QED) is 0.606. The van der Waals surface area contributed by atoms with Crippen molar-refractivity contribution in [3.05, 3.63) is 83.4 Å².